The highest BCUT2D eigenvalue weighted by Gasteiger charge is 2.24. The average Bonchev–Trinajstić information content (AvgIpc) is 2.98. The van der Waals surface area contributed by atoms with E-state index in [1.54, 1.807) is 0 Å². The first-order chi connectivity index (χ1) is 20.0. The van der Waals surface area contributed by atoms with E-state index < -0.39 is 5.91 Å². The van der Waals surface area contributed by atoms with Crippen molar-refractivity contribution in [2.75, 3.05) is 109 Å². The number of nitrogen functional groups attached to an aromatic ring is 1. The van der Waals surface area contributed by atoms with E-state index in [1.165, 1.54) is 20.3 Å². The van der Waals surface area contributed by atoms with Crippen molar-refractivity contribution in [3.63, 3.8) is 0 Å². The molecule has 1 aliphatic rings. The maximum atomic E-state index is 11.7. The normalized spacial score (nSPS) is 13.7. The second kappa shape index (κ2) is 17.5. The van der Waals surface area contributed by atoms with Crippen LogP contribution in [0.15, 0.2) is 28.8 Å². The van der Waals surface area contributed by atoms with E-state index in [4.69, 9.17) is 34.5 Å². The number of nitrogens with zero attached hydrogens (tertiary/aromatic N) is 6. The number of anilines is 3. The predicted molar refractivity (Wildman–Crippen MR) is 153 cm³/mol. The molecule has 0 bridgehead atoms. The lowest BCUT2D eigenvalue weighted by Gasteiger charge is -2.34. The van der Waals surface area contributed by atoms with Gasteiger partial charge in [-0.15, -0.1) is 0 Å². The lowest BCUT2D eigenvalue weighted by molar-refractivity contribution is -0.111. The molecule has 1 fully saturated rings. The first-order valence-electron chi connectivity index (χ1n) is 13.0. The molecule has 1 amide bonds. The molecule has 1 saturated heterocycles. The van der Waals surface area contributed by atoms with Crippen molar-refractivity contribution in [3.8, 4) is 11.8 Å². The minimum absolute atomic E-state index is 0.0145. The smallest absolute Gasteiger partial charge is 0.248 e. The Kier molecular flexibility index (Phi) is 13.8. The highest BCUT2D eigenvalue weighted by Crippen LogP contribution is 2.40. The number of aromatic nitrogens is 4. The molecule has 0 atom stereocenters. The number of carbonyl (C=O) groups is 1. The Hall–Kier alpha value is -3.28. The maximum absolute atomic E-state index is 11.7. The van der Waals surface area contributed by atoms with Crippen LogP contribution in [-0.4, -0.2) is 129 Å². The number of hydrogen-bond donors (Lipinski definition) is 3. The van der Waals surface area contributed by atoms with Crippen molar-refractivity contribution >= 4 is 35.3 Å². The highest BCUT2D eigenvalue weighted by molar-refractivity contribution is 7.99. The Labute approximate surface area is 243 Å². The summed E-state index contributed by atoms with van der Waals surface area (Å²) >= 11 is 1.11. The van der Waals surface area contributed by atoms with Crippen molar-refractivity contribution in [1.29, 1.82) is 0 Å². The van der Waals surface area contributed by atoms with E-state index in [2.05, 4.69) is 41.6 Å². The zero-order chi connectivity index (χ0) is 29.5. The maximum Gasteiger partial charge on any atom is 0.248 e. The lowest BCUT2D eigenvalue weighted by atomic mass is 10.3. The van der Waals surface area contributed by atoms with Gasteiger partial charge in [-0.05, 0) is 17.8 Å². The van der Waals surface area contributed by atoms with Gasteiger partial charge in [0.25, 0.3) is 0 Å². The number of methoxy groups -OCH3 is 2. The van der Waals surface area contributed by atoms with Crippen LogP contribution in [0.3, 0.4) is 0 Å². The zero-order valence-electron chi connectivity index (χ0n) is 23.4. The average molecular weight is 595 g/mol. The fourth-order valence-corrected chi connectivity index (χ4v) is 4.61. The Morgan fingerprint density at radius 3 is 2.20 bits per heavy atom. The van der Waals surface area contributed by atoms with Gasteiger partial charge in [-0.3, -0.25) is 9.69 Å². The van der Waals surface area contributed by atoms with E-state index >= 15 is 0 Å². The van der Waals surface area contributed by atoms with Gasteiger partial charge in [0.15, 0.2) is 5.16 Å². The summed E-state index contributed by atoms with van der Waals surface area (Å²) in [6.45, 7) is 10.2. The van der Waals surface area contributed by atoms with Gasteiger partial charge in [-0.1, -0.05) is 6.58 Å². The van der Waals surface area contributed by atoms with Crippen LogP contribution in [0.4, 0.5) is 17.6 Å². The SMILES string of the molecule is C=CC(=O)Nc1cc(N)nc(Sc2c(OC)nc(N3CCN(CCOCCOCCOCCO)CC3)nc2OC)n1. The third-order valence-corrected chi connectivity index (χ3v) is 6.64. The van der Waals surface area contributed by atoms with Crippen molar-refractivity contribution in [2.24, 2.45) is 0 Å². The number of rotatable bonds is 18. The zero-order valence-corrected chi connectivity index (χ0v) is 24.2. The second-order valence-corrected chi connectivity index (χ2v) is 9.49. The van der Waals surface area contributed by atoms with Crippen LogP contribution in [0.2, 0.25) is 0 Å². The van der Waals surface area contributed by atoms with Crippen LogP contribution >= 0.6 is 11.8 Å². The second-order valence-electron chi connectivity index (χ2n) is 8.52. The van der Waals surface area contributed by atoms with Gasteiger partial charge in [0.2, 0.25) is 23.6 Å². The molecule has 2 aromatic heterocycles. The number of piperazine rings is 1. The molecular formula is C25H38N8O7S. The van der Waals surface area contributed by atoms with Gasteiger partial charge in [0, 0.05) is 38.8 Å². The van der Waals surface area contributed by atoms with Crippen molar-refractivity contribution in [3.05, 3.63) is 18.7 Å². The first-order valence-corrected chi connectivity index (χ1v) is 13.9. The lowest BCUT2D eigenvalue weighted by Crippen LogP contribution is -2.48. The Bertz CT molecular complexity index is 1100. The van der Waals surface area contributed by atoms with Crippen molar-refractivity contribution < 1.29 is 33.6 Å². The van der Waals surface area contributed by atoms with Crippen LogP contribution in [0.25, 0.3) is 0 Å². The van der Waals surface area contributed by atoms with E-state index in [-0.39, 0.29) is 23.4 Å². The summed E-state index contributed by atoms with van der Waals surface area (Å²) in [5.41, 5.74) is 5.91. The Morgan fingerprint density at radius 2 is 1.61 bits per heavy atom. The Morgan fingerprint density at radius 1 is 1.00 bits per heavy atom. The van der Waals surface area contributed by atoms with Crippen LogP contribution < -0.4 is 25.4 Å². The van der Waals surface area contributed by atoms with Gasteiger partial charge in [0.1, 0.15) is 16.5 Å². The Balaban J connectivity index is 1.52. The molecular weight excluding hydrogens is 556 g/mol. The van der Waals surface area contributed by atoms with Crippen LogP contribution in [0, 0.1) is 0 Å². The van der Waals surface area contributed by atoms with Gasteiger partial charge in [-0.25, -0.2) is 9.97 Å². The number of carbonyl (C=O) groups excluding carboxylic acids is 1. The molecule has 16 heteroatoms. The fraction of sp³-hybridized carbons (Fsp3) is 0.560. The molecule has 0 spiro atoms. The summed E-state index contributed by atoms with van der Waals surface area (Å²) in [5.74, 6) is 1.09. The topological polar surface area (TPSA) is 180 Å². The number of nitrogens with one attached hydrogen (secondary N) is 1. The van der Waals surface area contributed by atoms with Crippen LogP contribution in [0.1, 0.15) is 0 Å². The summed E-state index contributed by atoms with van der Waals surface area (Å²) < 4.78 is 27.4. The quantitative estimate of drug-likeness (QED) is 0.122. The summed E-state index contributed by atoms with van der Waals surface area (Å²) in [6.07, 6.45) is 1.13. The van der Waals surface area contributed by atoms with Crippen LogP contribution in [-0.2, 0) is 19.0 Å². The van der Waals surface area contributed by atoms with Crippen molar-refractivity contribution in [2.45, 2.75) is 10.1 Å². The number of amides is 1. The number of aliphatic hydroxyl groups excluding tert-OH is 1. The monoisotopic (exact) mass is 594 g/mol. The molecule has 4 N–H and O–H groups in total. The molecule has 0 saturated carbocycles. The van der Waals surface area contributed by atoms with Gasteiger partial charge < -0.3 is 44.7 Å². The fourth-order valence-electron chi connectivity index (χ4n) is 3.70. The van der Waals surface area contributed by atoms with Gasteiger partial charge in [0.05, 0.1) is 60.5 Å². The summed E-state index contributed by atoms with van der Waals surface area (Å²) in [5, 5.41) is 11.5. The van der Waals surface area contributed by atoms with E-state index in [9.17, 15) is 4.79 Å². The summed E-state index contributed by atoms with van der Waals surface area (Å²) in [4.78, 5) is 34.4. The first kappa shape index (κ1) is 32.2. The number of aliphatic hydroxyl groups is 1. The molecule has 0 unspecified atom stereocenters. The van der Waals surface area contributed by atoms with E-state index in [0.29, 0.717) is 62.2 Å². The molecule has 3 heterocycles. The number of nitrogens with two attached hydrogens (primary N) is 1. The molecule has 0 aliphatic carbocycles. The third-order valence-electron chi connectivity index (χ3n) is 5.72. The highest BCUT2D eigenvalue weighted by atomic mass is 32.2. The molecule has 226 valence electrons. The standard InChI is InChI=1S/C25H38N8O7S/c1-4-20(35)28-19-17-18(26)27-25(29-19)41-21-22(36-2)30-24(31-23(21)37-3)33-7-5-32(6-8-33)9-11-38-13-15-40-16-14-39-12-10-34/h4,17,34H,1,5-16H2,2-3H3,(H3,26,27,28,29,35). The molecule has 41 heavy (non-hydrogen) atoms. The molecule has 15 nitrogen and oxygen atoms in total. The van der Waals surface area contributed by atoms with Crippen molar-refractivity contribution in [1.82, 2.24) is 24.8 Å². The van der Waals surface area contributed by atoms with E-state index in [1.807, 2.05) is 0 Å². The molecule has 3 rings (SSSR count). The third kappa shape index (κ3) is 10.6. The molecule has 0 aromatic carbocycles. The summed E-state index contributed by atoms with van der Waals surface area (Å²) in [7, 11) is 3.03. The summed E-state index contributed by atoms with van der Waals surface area (Å²) in [6, 6.07) is 1.44. The molecule has 2 aromatic rings. The minimum Gasteiger partial charge on any atom is -0.480 e. The largest absolute Gasteiger partial charge is 0.480 e. The predicted octanol–water partition coefficient (Wildman–Crippen LogP) is 0.306. The van der Waals surface area contributed by atoms with Crippen LogP contribution in [0.5, 0.6) is 11.8 Å². The molecule has 0 radical (unpaired) electrons. The van der Waals surface area contributed by atoms with Gasteiger partial charge >= 0.3 is 0 Å². The minimum atomic E-state index is -0.419. The molecule has 1 aliphatic heterocycles. The number of ether oxygens (including phenoxy) is 5. The van der Waals surface area contributed by atoms with E-state index in [0.717, 1.165) is 50.6 Å². The number of hydrogen-bond acceptors (Lipinski definition) is 15. The van der Waals surface area contributed by atoms with Gasteiger partial charge in [-0.2, -0.15) is 9.97 Å².